The van der Waals surface area contributed by atoms with E-state index in [-0.39, 0.29) is 0 Å². The van der Waals surface area contributed by atoms with Gasteiger partial charge in [-0.05, 0) is 60.7 Å². The van der Waals surface area contributed by atoms with Crippen LogP contribution in [0.15, 0.2) is 152 Å². The van der Waals surface area contributed by atoms with E-state index in [1.165, 1.54) is 21.2 Å². The van der Waals surface area contributed by atoms with Gasteiger partial charge in [0.15, 0.2) is 0 Å². The van der Waals surface area contributed by atoms with Crippen molar-refractivity contribution in [2.45, 2.75) is 0 Å². The summed E-state index contributed by atoms with van der Waals surface area (Å²) >= 11 is 0. The Kier molecular flexibility index (Phi) is 7.65. The third kappa shape index (κ3) is 4.98. The summed E-state index contributed by atoms with van der Waals surface area (Å²) in [4.78, 5) is 10.2. The van der Waals surface area contributed by atoms with Crippen molar-refractivity contribution in [1.82, 2.24) is 0 Å². The molecule has 0 fully saturated rings. The molecule has 0 saturated heterocycles. The zero-order valence-electron chi connectivity index (χ0n) is 18.7. The van der Waals surface area contributed by atoms with Crippen LogP contribution in [0, 0.1) is 0 Å². The normalized spacial score (nSPS) is 10.6. The molecular weight excluding hydrogens is 435 g/mol. The lowest BCUT2D eigenvalue weighted by Gasteiger charge is -2.27. The third-order valence-corrected chi connectivity index (χ3v) is 9.89. The molecule has 0 aliphatic heterocycles. The van der Waals surface area contributed by atoms with Crippen LogP contribution < -0.4 is 21.2 Å². The lowest BCUT2D eigenvalue weighted by molar-refractivity contribution is 0.0697. The molecule has 0 aromatic heterocycles. The number of carboxylic acid groups (broad SMARTS) is 1. The minimum absolute atomic E-state index is 0.331. The van der Waals surface area contributed by atoms with Gasteiger partial charge in [0.25, 0.3) is 0 Å². The van der Waals surface area contributed by atoms with Gasteiger partial charge in [-0.15, -0.1) is 0 Å². The molecular formula is C31H26O2P+. The lowest BCUT2D eigenvalue weighted by atomic mass is 10.2. The molecule has 0 atom stereocenters. The second-order valence-corrected chi connectivity index (χ2v) is 11.1. The van der Waals surface area contributed by atoms with Gasteiger partial charge in [0, 0.05) is 0 Å². The Balaban J connectivity index is 0.000000257. The fourth-order valence-corrected chi connectivity index (χ4v) is 8.35. The van der Waals surface area contributed by atoms with E-state index in [0.29, 0.717) is 5.56 Å². The highest BCUT2D eigenvalue weighted by Crippen LogP contribution is 2.53. The van der Waals surface area contributed by atoms with Crippen molar-refractivity contribution in [3.63, 3.8) is 0 Å². The number of benzene rings is 5. The van der Waals surface area contributed by atoms with Crippen molar-refractivity contribution in [3.8, 4) is 0 Å². The van der Waals surface area contributed by atoms with Crippen LogP contribution in [0.3, 0.4) is 0 Å². The van der Waals surface area contributed by atoms with E-state index < -0.39 is 13.2 Å². The smallest absolute Gasteiger partial charge is 0.335 e. The van der Waals surface area contributed by atoms with Crippen LogP contribution in [0.1, 0.15) is 10.4 Å². The summed E-state index contributed by atoms with van der Waals surface area (Å²) in [5.74, 6) is -0.879. The molecule has 5 rings (SSSR count). The second-order valence-electron chi connectivity index (χ2n) is 7.68. The fraction of sp³-hybridized carbons (Fsp3) is 0. The molecule has 0 aliphatic rings. The van der Waals surface area contributed by atoms with Crippen LogP contribution in [0.4, 0.5) is 0 Å². The van der Waals surface area contributed by atoms with Gasteiger partial charge in [-0.1, -0.05) is 91.0 Å². The lowest BCUT2D eigenvalue weighted by Crippen LogP contribution is -2.38. The molecule has 2 nitrogen and oxygen atoms in total. The Bertz CT molecular complexity index is 1130. The molecule has 34 heavy (non-hydrogen) atoms. The largest absolute Gasteiger partial charge is 0.478 e. The minimum atomic E-state index is -1.91. The number of rotatable bonds is 5. The van der Waals surface area contributed by atoms with Crippen LogP contribution in [0.25, 0.3) is 0 Å². The fourth-order valence-electron chi connectivity index (χ4n) is 4.08. The van der Waals surface area contributed by atoms with Crippen LogP contribution in [-0.4, -0.2) is 11.1 Å². The maximum Gasteiger partial charge on any atom is 0.335 e. The van der Waals surface area contributed by atoms with Crippen LogP contribution in [0.5, 0.6) is 0 Å². The summed E-state index contributed by atoms with van der Waals surface area (Å²) in [6, 6.07) is 52.1. The molecule has 0 radical (unpaired) electrons. The summed E-state index contributed by atoms with van der Waals surface area (Å²) < 4.78 is 0. The van der Waals surface area contributed by atoms with Crippen LogP contribution in [-0.2, 0) is 0 Å². The van der Waals surface area contributed by atoms with Crippen molar-refractivity contribution < 1.29 is 9.90 Å². The van der Waals surface area contributed by atoms with E-state index in [2.05, 4.69) is 121 Å². The van der Waals surface area contributed by atoms with Crippen LogP contribution in [0.2, 0.25) is 0 Å². The Morgan fingerprint density at radius 1 is 0.412 bits per heavy atom. The molecule has 0 heterocycles. The minimum Gasteiger partial charge on any atom is -0.478 e. The highest BCUT2D eigenvalue weighted by atomic mass is 31.2. The predicted octanol–water partition coefficient (Wildman–Crippen LogP) is 5.69. The number of carboxylic acids is 1. The van der Waals surface area contributed by atoms with Crippen LogP contribution >= 0.6 is 7.26 Å². The van der Waals surface area contributed by atoms with E-state index >= 15 is 0 Å². The van der Waals surface area contributed by atoms with Gasteiger partial charge in [-0.3, -0.25) is 0 Å². The molecule has 166 valence electrons. The third-order valence-electron chi connectivity index (χ3n) is 5.59. The summed E-state index contributed by atoms with van der Waals surface area (Å²) in [7, 11) is -1.91. The first kappa shape index (κ1) is 23.2. The number of aromatic carboxylic acids is 1. The Labute approximate surface area is 201 Å². The Morgan fingerprint density at radius 3 is 0.853 bits per heavy atom. The first-order valence-electron chi connectivity index (χ1n) is 11.1. The molecule has 3 heteroatoms. The maximum atomic E-state index is 10.2. The average Bonchev–Trinajstić information content (AvgIpc) is 2.93. The monoisotopic (exact) mass is 461 g/mol. The number of carbonyl (C=O) groups is 1. The van der Waals surface area contributed by atoms with Crippen molar-refractivity contribution in [2.75, 3.05) is 0 Å². The SMILES string of the molecule is O=C(O)c1ccccc1.c1ccc([P+](c2ccccc2)(c2ccccc2)c2ccccc2)cc1. The Hall–Kier alpha value is -4.00. The summed E-state index contributed by atoms with van der Waals surface area (Å²) in [5, 5.41) is 13.9. The van der Waals surface area contributed by atoms with Gasteiger partial charge >= 0.3 is 5.97 Å². The van der Waals surface area contributed by atoms with Crippen molar-refractivity contribution in [2.24, 2.45) is 0 Å². The molecule has 0 amide bonds. The molecule has 0 saturated carbocycles. The molecule has 1 N–H and O–H groups in total. The van der Waals surface area contributed by atoms with E-state index in [1.807, 2.05) is 0 Å². The van der Waals surface area contributed by atoms with Gasteiger partial charge in [-0.2, -0.15) is 0 Å². The molecule has 5 aromatic carbocycles. The predicted molar refractivity (Wildman–Crippen MR) is 145 cm³/mol. The zero-order valence-corrected chi connectivity index (χ0v) is 19.6. The molecule has 0 aliphatic carbocycles. The highest BCUT2D eigenvalue weighted by molar-refractivity contribution is 8.01. The zero-order chi connectivity index (χ0) is 23.6. The highest BCUT2D eigenvalue weighted by Gasteiger charge is 2.47. The van der Waals surface area contributed by atoms with Crippen molar-refractivity contribution in [1.29, 1.82) is 0 Å². The number of hydrogen-bond acceptors (Lipinski definition) is 1. The first-order valence-corrected chi connectivity index (χ1v) is 12.9. The molecule has 5 aromatic rings. The summed E-state index contributed by atoms with van der Waals surface area (Å²) in [6.45, 7) is 0. The van der Waals surface area contributed by atoms with E-state index in [1.54, 1.807) is 30.3 Å². The van der Waals surface area contributed by atoms with Gasteiger partial charge < -0.3 is 5.11 Å². The summed E-state index contributed by atoms with van der Waals surface area (Å²) in [6.07, 6.45) is 0. The van der Waals surface area contributed by atoms with Gasteiger partial charge in [0.1, 0.15) is 28.5 Å². The maximum absolute atomic E-state index is 10.2. The average molecular weight is 462 g/mol. The first-order chi connectivity index (χ1) is 16.7. The topological polar surface area (TPSA) is 37.3 Å². The quantitative estimate of drug-likeness (QED) is 0.342. The standard InChI is InChI=1S/C24H20P.C7H6O2/c1-5-13-21(14-6-1)25(22-15-7-2-8-16-22,23-17-9-3-10-18-23)24-19-11-4-12-20-24;8-7(9)6-4-2-1-3-5-6/h1-20H;1-5H,(H,8,9)/q+1;. The van der Waals surface area contributed by atoms with E-state index in [0.717, 1.165) is 0 Å². The second kappa shape index (κ2) is 11.2. The number of hydrogen-bond donors (Lipinski definition) is 1. The van der Waals surface area contributed by atoms with Crippen molar-refractivity contribution in [3.05, 3.63) is 157 Å². The van der Waals surface area contributed by atoms with E-state index in [4.69, 9.17) is 5.11 Å². The van der Waals surface area contributed by atoms with E-state index in [9.17, 15) is 4.79 Å². The molecule has 0 bridgehead atoms. The molecule has 0 unspecified atom stereocenters. The van der Waals surface area contributed by atoms with Gasteiger partial charge in [0.05, 0.1) is 5.56 Å². The molecule has 0 spiro atoms. The Morgan fingerprint density at radius 2 is 0.647 bits per heavy atom. The van der Waals surface area contributed by atoms with Gasteiger partial charge in [-0.25, -0.2) is 4.79 Å². The summed E-state index contributed by atoms with van der Waals surface area (Å²) in [5.41, 5.74) is 0.331. The van der Waals surface area contributed by atoms with Crippen molar-refractivity contribution >= 4 is 34.4 Å². The van der Waals surface area contributed by atoms with Gasteiger partial charge in [0.2, 0.25) is 0 Å².